The highest BCUT2D eigenvalue weighted by Crippen LogP contribution is 2.10. The fourth-order valence-corrected chi connectivity index (χ4v) is 1.87. The highest BCUT2D eigenvalue weighted by Gasteiger charge is 1.92. The van der Waals surface area contributed by atoms with E-state index in [-0.39, 0.29) is 13.2 Å². The van der Waals surface area contributed by atoms with E-state index in [0.29, 0.717) is 0 Å². The molecule has 0 unspecified atom stereocenters. The molecule has 1 N–H and O–H groups in total. The molecule has 0 aromatic heterocycles. The van der Waals surface area contributed by atoms with Crippen molar-refractivity contribution in [2.45, 2.75) is 71.1 Å². The maximum absolute atomic E-state index is 10.1. The van der Waals surface area contributed by atoms with Crippen molar-refractivity contribution in [3.8, 4) is 0 Å². The van der Waals surface area contributed by atoms with Crippen LogP contribution in [0, 0.1) is 0 Å². The van der Waals surface area contributed by atoms with Gasteiger partial charge in [-0.1, -0.05) is 64.7 Å². The molecular formula is C14H30NO2. The molecule has 0 saturated carbocycles. The summed E-state index contributed by atoms with van der Waals surface area (Å²) in [6, 6.07) is 0. The van der Waals surface area contributed by atoms with Crippen molar-refractivity contribution >= 4 is 0 Å². The number of hydroxylamine groups is 1. The van der Waals surface area contributed by atoms with Crippen LogP contribution >= 0.6 is 0 Å². The van der Waals surface area contributed by atoms with E-state index in [1.165, 1.54) is 57.8 Å². The summed E-state index contributed by atoms with van der Waals surface area (Å²) in [5.41, 5.74) is 2.81. The van der Waals surface area contributed by atoms with Gasteiger partial charge in [-0.25, -0.2) is 10.6 Å². The Morgan fingerprint density at radius 1 is 0.824 bits per heavy atom. The van der Waals surface area contributed by atoms with Gasteiger partial charge in [-0.15, -0.1) is 0 Å². The second-order valence-electron chi connectivity index (χ2n) is 4.63. The van der Waals surface area contributed by atoms with Gasteiger partial charge in [-0.2, -0.15) is 0 Å². The Morgan fingerprint density at radius 2 is 1.35 bits per heavy atom. The SMILES string of the molecule is CCCCCCCCCCCCNOCC[O]. The molecule has 0 amide bonds. The van der Waals surface area contributed by atoms with Gasteiger partial charge >= 0.3 is 0 Å². The lowest BCUT2D eigenvalue weighted by molar-refractivity contribution is 0.00155. The predicted octanol–water partition coefficient (Wildman–Crippen LogP) is 3.86. The van der Waals surface area contributed by atoms with Crippen LogP contribution in [-0.2, 0) is 9.94 Å². The van der Waals surface area contributed by atoms with E-state index < -0.39 is 0 Å². The second-order valence-corrected chi connectivity index (χ2v) is 4.63. The van der Waals surface area contributed by atoms with Gasteiger partial charge in [-0.3, -0.25) is 4.84 Å². The third-order valence-electron chi connectivity index (χ3n) is 2.92. The van der Waals surface area contributed by atoms with Gasteiger partial charge in [0.15, 0.2) is 0 Å². The van der Waals surface area contributed by atoms with Crippen LogP contribution in [0.3, 0.4) is 0 Å². The van der Waals surface area contributed by atoms with Crippen LogP contribution in [0.5, 0.6) is 0 Å². The summed E-state index contributed by atoms with van der Waals surface area (Å²) in [5, 5.41) is 10.1. The molecule has 0 saturated heterocycles. The Kier molecular flexibility index (Phi) is 15.8. The van der Waals surface area contributed by atoms with Crippen LogP contribution in [0.15, 0.2) is 0 Å². The van der Waals surface area contributed by atoms with Crippen molar-refractivity contribution < 1.29 is 9.94 Å². The summed E-state index contributed by atoms with van der Waals surface area (Å²) >= 11 is 0. The van der Waals surface area contributed by atoms with Crippen LogP contribution in [0.2, 0.25) is 0 Å². The van der Waals surface area contributed by atoms with Crippen LogP contribution < -0.4 is 5.48 Å². The van der Waals surface area contributed by atoms with Gasteiger partial charge in [0.1, 0.15) is 6.61 Å². The first-order valence-electron chi connectivity index (χ1n) is 7.34. The van der Waals surface area contributed by atoms with E-state index in [1.54, 1.807) is 0 Å². The molecule has 0 fully saturated rings. The lowest BCUT2D eigenvalue weighted by Gasteiger charge is -2.04. The molecule has 1 radical (unpaired) electrons. The maximum atomic E-state index is 10.1. The summed E-state index contributed by atoms with van der Waals surface area (Å²) in [6.07, 6.45) is 13.5. The topological polar surface area (TPSA) is 41.2 Å². The molecule has 17 heavy (non-hydrogen) atoms. The Bertz CT molecular complexity index is 117. The third kappa shape index (κ3) is 15.9. The Balaban J connectivity index is 2.85. The average molecular weight is 244 g/mol. The minimum absolute atomic E-state index is 0.162. The minimum atomic E-state index is -0.162. The molecule has 0 aliphatic carbocycles. The van der Waals surface area contributed by atoms with E-state index in [2.05, 4.69) is 12.4 Å². The zero-order chi connectivity index (χ0) is 12.6. The van der Waals surface area contributed by atoms with Gasteiger partial charge in [0, 0.05) is 6.54 Å². The van der Waals surface area contributed by atoms with Crippen LogP contribution in [0.25, 0.3) is 0 Å². The summed E-state index contributed by atoms with van der Waals surface area (Å²) in [7, 11) is 0. The van der Waals surface area contributed by atoms with Crippen LogP contribution in [0.1, 0.15) is 71.1 Å². The predicted molar refractivity (Wildman–Crippen MR) is 71.4 cm³/mol. The highest BCUT2D eigenvalue weighted by atomic mass is 16.6. The number of hydrogen-bond acceptors (Lipinski definition) is 2. The summed E-state index contributed by atoms with van der Waals surface area (Å²) in [5.74, 6) is 0. The molecule has 0 bridgehead atoms. The number of hydrogen-bond donors (Lipinski definition) is 1. The molecule has 0 aromatic rings. The van der Waals surface area contributed by atoms with Gasteiger partial charge < -0.3 is 0 Å². The van der Waals surface area contributed by atoms with E-state index >= 15 is 0 Å². The standard InChI is InChI=1S/C14H30NO2/c1-2-3-4-5-6-7-8-9-10-11-12-15-17-14-13-16/h15H,2-14H2,1H3. The Morgan fingerprint density at radius 3 is 1.88 bits per heavy atom. The molecule has 3 heteroatoms. The zero-order valence-corrected chi connectivity index (χ0v) is 11.5. The van der Waals surface area contributed by atoms with Crippen molar-refractivity contribution in [2.24, 2.45) is 0 Å². The smallest absolute Gasteiger partial charge is 0.108 e. The highest BCUT2D eigenvalue weighted by molar-refractivity contribution is 4.47. The fraction of sp³-hybridized carbons (Fsp3) is 1.00. The van der Waals surface area contributed by atoms with E-state index in [0.717, 1.165) is 13.0 Å². The summed E-state index contributed by atoms with van der Waals surface area (Å²) in [6.45, 7) is 3.24. The van der Waals surface area contributed by atoms with Crippen LogP contribution in [0.4, 0.5) is 0 Å². The second kappa shape index (κ2) is 15.9. The zero-order valence-electron chi connectivity index (χ0n) is 11.5. The average Bonchev–Trinajstić information content (AvgIpc) is 2.35. The van der Waals surface area contributed by atoms with Crippen molar-refractivity contribution in [1.29, 1.82) is 0 Å². The first kappa shape index (κ1) is 16.9. The molecule has 0 aliphatic rings. The first-order chi connectivity index (χ1) is 8.41. The number of nitrogens with one attached hydrogen (secondary N) is 1. The molecule has 103 valence electrons. The van der Waals surface area contributed by atoms with Crippen molar-refractivity contribution in [3.63, 3.8) is 0 Å². The minimum Gasteiger partial charge on any atom is -0.299 e. The van der Waals surface area contributed by atoms with Gasteiger partial charge in [0.05, 0.1) is 6.61 Å². The van der Waals surface area contributed by atoms with Gasteiger partial charge in [-0.05, 0) is 6.42 Å². The van der Waals surface area contributed by atoms with Crippen molar-refractivity contribution in [3.05, 3.63) is 0 Å². The normalized spacial score (nSPS) is 10.9. The van der Waals surface area contributed by atoms with Crippen molar-refractivity contribution in [2.75, 3.05) is 19.8 Å². The van der Waals surface area contributed by atoms with Gasteiger partial charge in [0.25, 0.3) is 0 Å². The van der Waals surface area contributed by atoms with Crippen molar-refractivity contribution in [1.82, 2.24) is 5.48 Å². The summed E-state index contributed by atoms with van der Waals surface area (Å²) in [4.78, 5) is 4.90. The maximum Gasteiger partial charge on any atom is 0.108 e. The largest absolute Gasteiger partial charge is 0.299 e. The quantitative estimate of drug-likeness (QED) is 0.372. The third-order valence-corrected chi connectivity index (χ3v) is 2.92. The van der Waals surface area contributed by atoms with E-state index in [9.17, 15) is 5.11 Å². The number of unbranched alkanes of at least 4 members (excludes halogenated alkanes) is 9. The molecule has 3 nitrogen and oxygen atoms in total. The fourth-order valence-electron chi connectivity index (χ4n) is 1.87. The molecule has 0 aromatic carbocycles. The van der Waals surface area contributed by atoms with E-state index in [1.807, 2.05) is 0 Å². The lowest BCUT2D eigenvalue weighted by atomic mass is 10.1. The molecular weight excluding hydrogens is 214 g/mol. The molecule has 0 spiro atoms. The monoisotopic (exact) mass is 244 g/mol. The molecule has 0 atom stereocenters. The molecule has 0 heterocycles. The van der Waals surface area contributed by atoms with Gasteiger partial charge in [0.2, 0.25) is 0 Å². The number of rotatable bonds is 14. The van der Waals surface area contributed by atoms with E-state index in [4.69, 9.17) is 4.84 Å². The Hall–Kier alpha value is -0.120. The summed E-state index contributed by atoms with van der Waals surface area (Å²) < 4.78 is 0. The first-order valence-corrected chi connectivity index (χ1v) is 7.34. The molecule has 0 rings (SSSR count). The molecule has 0 aliphatic heterocycles. The lowest BCUT2D eigenvalue weighted by Crippen LogP contribution is -2.17. The Labute approximate surface area is 107 Å². The van der Waals surface area contributed by atoms with Crippen LogP contribution in [-0.4, -0.2) is 19.8 Å².